The molecule has 4 rings (SSSR count). The molecule has 0 amide bonds. The van der Waals surface area contributed by atoms with Gasteiger partial charge >= 0.3 is 0 Å². The van der Waals surface area contributed by atoms with Gasteiger partial charge in [-0.05, 0) is 38.3 Å². The van der Waals surface area contributed by atoms with Crippen LogP contribution in [0.3, 0.4) is 0 Å². The van der Waals surface area contributed by atoms with Gasteiger partial charge in [0.05, 0.1) is 6.04 Å². The second-order valence-electron chi connectivity index (χ2n) is 6.73. The van der Waals surface area contributed by atoms with Crippen molar-refractivity contribution >= 4 is 35.6 Å². The molecule has 1 aliphatic rings. The van der Waals surface area contributed by atoms with Crippen molar-refractivity contribution in [2.24, 2.45) is 4.99 Å². The molecule has 10 heteroatoms. The van der Waals surface area contributed by atoms with Crippen molar-refractivity contribution in [3.05, 3.63) is 41.9 Å². The Balaban J connectivity index is 0.00000225. The fourth-order valence-electron chi connectivity index (χ4n) is 3.48. The van der Waals surface area contributed by atoms with E-state index in [2.05, 4.69) is 35.9 Å². The highest BCUT2D eigenvalue weighted by molar-refractivity contribution is 14.0. The van der Waals surface area contributed by atoms with E-state index in [9.17, 15) is 0 Å². The SMILES string of the molecule is CN=C(NCCCc1nnc2ccccn12)NC1CCCn2nc(C)nc21.I. The molecule has 0 saturated carbocycles. The van der Waals surface area contributed by atoms with Gasteiger partial charge in [-0.3, -0.25) is 9.39 Å². The molecule has 0 bridgehead atoms. The highest BCUT2D eigenvalue weighted by Crippen LogP contribution is 2.22. The van der Waals surface area contributed by atoms with Crippen LogP contribution in [0.25, 0.3) is 5.65 Å². The zero-order valence-corrected chi connectivity index (χ0v) is 18.5. The minimum atomic E-state index is 0. The molecule has 2 N–H and O–H groups in total. The summed E-state index contributed by atoms with van der Waals surface area (Å²) < 4.78 is 4.03. The van der Waals surface area contributed by atoms with Crippen molar-refractivity contribution in [3.8, 4) is 0 Å². The number of halogens is 1. The maximum absolute atomic E-state index is 4.57. The summed E-state index contributed by atoms with van der Waals surface area (Å²) in [5.74, 6) is 3.59. The highest BCUT2D eigenvalue weighted by Gasteiger charge is 2.24. The number of hydrogen-bond donors (Lipinski definition) is 2. The van der Waals surface area contributed by atoms with Crippen LogP contribution in [0.2, 0.25) is 0 Å². The fourth-order valence-corrected chi connectivity index (χ4v) is 3.48. The summed E-state index contributed by atoms with van der Waals surface area (Å²) in [6, 6.07) is 6.07. The average molecular weight is 495 g/mol. The number of aromatic nitrogens is 6. The summed E-state index contributed by atoms with van der Waals surface area (Å²) in [6.45, 7) is 3.68. The summed E-state index contributed by atoms with van der Waals surface area (Å²) in [5.41, 5.74) is 0.884. The number of nitrogens with one attached hydrogen (secondary N) is 2. The lowest BCUT2D eigenvalue weighted by molar-refractivity contribution is 0.397. The zero-order chi connectivity index (χ0) is 18.6. The molecule has 150 valence electrons. The van der Waals surface area contributed by atoms with E-state index in [0.717, 1.165) is 67.9 Å². The van der Waals surface area contributed by atoms with Crippen LogP contribution < -0.4 is 10.6 Å². The average Bonchev–Trinajstić information content (AvgIpc) is 3.27. The molecule has 28 heavy (non-hydrogen) atoms. The summed E-state index contributed by atoms with van der Waals surface area (Å²) in [5, 5.41) is 19.8. The minimum Gasteiger partial charge on any atom is -0.356 e. The van der Waals surface area contributed by atoms with Crippen LogP contribution in [-0.4, -0.2) is 48.9 Å². The van der Waals surface area contributed by atoms with Crippen LogP contribution in [0.4, 0.5) is 0 Å². The normalized spacial score (nSPS) is 16.5. The number of nitrogens with zero attached hydrogens (tertiary/aromatic N) is 7. The molecule has 9 nitrogen and oxygen atoms in total. The van der Waals surface area contributed by atoms with Gasteiger partial charge in [0.2, 0.25) is 0 Å². The highest BCUT2D eigenvalue weighted by atomic mass is 127. The Labute approximate surface area is 181 Å². The van der Waals surface area contributed by atoms with Crippen LogP contribution in [0, 0.1) is 6.92 Å². The first-order valence-corrected chi connectivity index (χ1v) is 9.42. The monoisotopic (exact) mass is 495 g/mol. The summed E-state index contributed by atoms with van der Waals surface area (Å²) in [7, 11) is 1.79. The fraction of sp³-hybridized carbons (Fsp3) is 0.500. The molecule has 1 aliphatic heterocycles. The molecule has 3 aromatic rings. The van der Waals surface area contributed by atoms with Gasteiger partial charge < -0.3 is 10.6 Å². The Bertz CT molecular complexity index is 946. The minimum absolute atomic E-state index is 0. The number of aryl methyl sites for hydroxylation is 3. The van der Waals surface area contributed by atoms with Gasteiger partial charge in [0.1, 0.15) is 17.5 Å². The standard InChI is InChI=1S/C18H25N9.HI/c1-13-21-17-14(7-6-12-27(17)25-13)22-18(19-2)20-10-5-9-16-24-23-15-8-3-4-11-26(15)16;/h3-4,8,11,14H,5-7,9-10,12H2,1-2H3,(H2,19,20,22);1H. The summed E-state index contributed by atoms with van der Waals surface area (Å²) in [6.07, 6.45) is 5.91. The van der Waals surface area contributed by atoms with Crippen LogP contribution in [0.1, 0.15) is 42.8 Å². The molecule has 0 aromatic carbocycles. The van der Waals surface area contributed by atoms with Gasteiger partial charge in [-0.2, -0.15) is 5.10 Å². The third-order valence-corrected chi connectivity index (χ3v) is 4.77. The molecule has 0 saturated heterocycles. The van der Waals surface area contributed by atoms with E-state index in [4.69, 9.17) is 0 Å². The lowest BCUT2D eigenvalue weighted by atomic mass is 10.1. The van der Waals surface area contributed by atoms with Gasteiger partial charge in [0, 0.05) is 32.8 Å². The van der Waals surface area contributed by atoms with E-state index in [-0.39, 0.29) is 30.0 Å². The van der Waals surface area contributed by atoms with Crippen molar-refractivity contribution in [1.82, 2.24) is 40.0 Å². The van der Waals surface area contributed by atoms with Crippen LogP contribution in [0.15, 0.2) is 29.4 Å². The third kappa shape index (κ3) is 4.42. The van der Waals surface area contributed by atoms with Crippen molar-refractivity contribution in [2.45, 2.75) is 45.2 Å². The smallest absolute Gasteiger partial charge is 0.191 e. The van der Waals surface area contributed by atoms with E-state index in [0.29, 0.717) is 0 Å². The van der Waals surface area contributed by atoms with Gasteiger partial charge in [-0.15, -0.1) is 34.2 Å². The maximum atomic E-state index is 4.57. The molecular weight excluding hydrogens is 469 g/mol. The lowest BCUT2D eigenvalue weighted by Gasteiger charge is -2.25. The van der Waals surface area contributed by atoms with Crippen molar-refractivity contribution < 1.29 is 0 Å². The van der Waals surface area contributed by atoms with E-state index < -0.39 is 0 Å². The van der Waals surface area contributed by atoms with Gasteiger partial charge in [0.15, 0.2) is 11.6 Å². The van der Waals surface area contributed by atoms with Crippen LogP contribution in [0.5, 0.6) is 0 Å². The number of rotatable bonds is 5. The Hall–Kier alpha value is -2.24. The van der Waals surface area contributed by atoms with Crippen molar-refractivity contribution in [2.75, 3.05) is 13.6 Å². The first-order valence-electron chi connectivity index (χ1n) is 9.42. The largest absolute Gasteiger partial charge is 0.356 e. The maximum Gasteiger partial charge on any atom is 0.191 e. The molecule has 0 fully saturated rings. The van der Waals surface area contributed by atoms with Crippen molar-refractivity contribution in [1.29, 1.82) is 0 Å². The van der Waals surface area contributed by atoms with Crippen molar-refractivity contribution in [3.63, 3.8) is 0 Å². The number of hydrogen-bond acceptors (Lipinski definition) is 5. The molecule has 3 aromatic heterocycles. The quantitative estimate of drug-likeness (QED) is 0.243. The van der Waals surface area contributed by atoms with Gasteiger partial charge in [-0.1, -0.05) is 6.07 Å². The Morgan fingerprint density at radius 1 is 1.32 bits per heavy atom. The molecule has 0 radical (unpaired) electrons. The van der Waals surface area contributed by atoms with Gasteiger partial charge in [-0.25, -0.2) is 9.67 Å². The Kier molecular flexibility index (Phi) is 6.81. The molecule has 0 spiro atoms. The summed E-state index contributed by atoms with van der Waals surface area (Å²) >= 11 is 0. The number of aliphatic imine (C=N–C) groups is 1. The molecule has 1 atom stereocenters. The topological polar surface area (TPSA) is 97.3 Å². The first kappa shape index (κ1) is 20.5. The van der Waals surface area contributed by atoms with E-state index in [1.807, 2.05) is 40.4 Å². The zero-order valence-electron chi connectivity index (χ0n) is 16.2. The Morgan fingerprint density at radius 2 is 2.21 bits per heavy atom. The number of guanidine groups is 1. The van der Waals surface area contributed by atoms with E-state index >= 15 is 0 Å². The second-order valence-corrected chi connectivity index (χ2v) is 6.73. The predicted molar refractivity (Wildman–Crippen MR) is 118 cm³/mol. The third-order valence-electron chi connectivity index (χ3n) is 4.77. The number of fused-ring (bicyclic) bond motifs is 2. The van der Waals surface area contributed by atoms with E-state index in [1.54, 1.807) is 7.05 Å². The second kappa shape index (κ2) is 9.30. The van der Waals surface area contributed by atoms with Crippen LogP contribution >= 0.6 is 24.0 Å². The molecule has 4 heterocycles. The molecular formula is C18H26IN9. The molecule has 1 unspecified atom stereocenters. The predicted octanol–water partition coefficient (Wildman–Crippen LogP) is 1.88. The van der Waals surface area contributed by atoms with Crippen LogP contribution in [-0.2, 0) is 13.0 Å². The van der Waals surface area contributed by atoms with Gasteiger partial charge in [0.25, 0.3) is 0 Å². The number of pyridine rings is 1. The lowest BCUT2D eigenvalue weighted by Crippen LogP contribution is -2.42. The Morgan fingerprint density at radius 3 is 3.07 bits per heavy atom. The first-order chi connectivity index (χ1) is 13.2. The van der Waals surface area contributed by atoms with E-state index in [1.165, 1.54) is 0 Å². The molecule has 0 aliphatic carbocycles. The summed E-state index contributed by atoms with van der Waals surface area (Å²) in [4.78, 5) is 8.92.